The number of aryl methyl sites for hydroxylation is 9. The van der Waals surface area contributed by atoms with Crippen molar-refractivity contribution in [1.82, 2.24) is 15.0 Å². The van der Waals surface area contributed by atoms with E-state index in [4.69, 9.17) is 15.0 Å². The SMILES string of the molecule is Cc1cc(C)cc(-c2ccc(N(C)c3c(C)c(C)c(C(=O)c4cccc(-c5c(C)c(C)cc(CCN(c6ccc(-c7cc(C)cc(C)c7)cc6)c6c(C)cc(C)c(-c7ncnc(-c8c(C)c(C)cc(C)c8C)n7)c6C)c5C)c4)c(C)c3C)cc2)c1. The molecule has 0 amide bonds. The van der Waals surface area contributed by atoms with Gasteiger partial charge in [-0.1, -0.05) is 119 Å². The standard InChI is InChI=1S/C79H83N5O/c1-44-33-45(2)36-67(35-44)62-23-27-69(28-24-62)83(19)76-58(15)56(13)73(57(14)59(76)16)77(85)66-22-20-21-65(42-66)72-53(10)50(7)41-64(60(72)17)31-32-84(70-29-25-63(26-30-70)68-37-46(3)34-47(4)38-68)75-52(9)40-51(8)71(61(75)18)78-80-43-81-79(82-78)74-54(11)48(5)39-49(6)55(74)12/h20-30,33-43H,31-32H2,1-19H3. The van der Waals surface area contributed by atoms with E-state index in [-0.39, 0.29) is 5.78 Å². The molecule has 9 aromatic carbocycles. The summed E-state index contributed by atoms with van der Waals surface area (Å²) in [7, 11) is 2.14. The van der Waals surface area contributed by atoms with Crippen molar-refractivity contribution in [3.05, 3.63) is 251 Å². The van der Waals surface area contributed by atoms with Gasteiger partial charge in [-0.3, -0.25) is 4.79 Å². The lowest BCUT2D eigenvalue weighted by Crippen LogP contribution is -2.23. The molecule has 0 atom stereocenters. The molecule has 0 radical (unpaired) electrons. The summed E-state index contributed by atoms with van der Waals surface area (Å²) in [4.78, 5) is 34.9. The predicted molar refractivity (Wildman–Crippen MR) is 360 cm³/mol. The second-order valence-electron chi connectivity index (χ2n) is 24.5. The third kappa shape index (κ3) is 11.4. The summed E-state index contributed by atoms with van der Waals surface area (Å²) in [5.41, 5.74) is 37.5. The number of hydrogen-bond acceptors (Lipinski definition) is 6. The molecule has 10 rings (SSSR count). The predicted octanol–water partition coefficient (Wildman–Crippen LogP) is 20.1. The molecule has 1 aromatic heterocycles. The number of nitrogens with zero attached hydrogens (tertiary/aromatic N) is 5. The van der Waals surface area contributed by atoms with Crippen molar-refractivity contribution in [2.24, 2.45) is 0 Å². The topological polar surface area (TPSA) is 62.2 Å². The van der Waals surface area contributed by atoms with Crippen LogP contribution in [-0.4, -0.2) is 34.3 Å². The van der Waals surface area contributed by atoms with Crippen LogP contribution in [0.2, 0.25) is 0 Å². The van der Waals surface area contributed by atoms with E-state index in [0.717, 1.165) is 84.8 Å². The largest absolute Gasteiger partial charge is 0.344 e. The lowest BCUT2D eigenvalue weighted by atomic mass is 9.85. The Labute approximate surface area is 506 Å². The van der Waals surface area contributed by atoms with Crippen LogP contribution in [0, 0.1) is 125 Å². The minimum atomic E-state index is 0.0458. The van der Waals surface area contributed by atoms with Gasteiger partial charge in [-0.2, -0.15) is 0 Å². The molecule has 0 saturated heterocycles. The van der Waals surface area contributed by atoms with E-state index in [9.17, 15) is 0 Å². The normalized spacial score (nSPS) is 11.4. The van der Waals surface area contributed by atoms with Crippen molar-refractivity contribution < 1.29 is 4.79 Å². The van der Waals surface area contributed by atoms with Gasteiger partial charge in [-0.25, -0.2) is 15.0 Å². The molecule has 0 fully saturated rings. The molecule has 0 aliphatic heterocycles. The van der Waals surface area contributed by atoms with Gasteiger partial charge in [0.25, 0.3) is 0 Å². The Morgan fingerprint density at radius 2 is 0.871 bits per heavy atom. The van der Waals surface area contributed by atoms with Gasteiger partial charge in [0.1, 0.15) is 6.33 Å². The van der Waals surface area contributed by atoms with E-state index in [0.29, 0.717) is 23.8 Å². The van der Waals surface area contributed by atoms with Gasteiger partial charge in [0.15, 0.2) is 17.4 Å². The zero-order valence-corrected chi connectivity index (χ0v) is 53.8. The van der Waals surface area contributed by atoms with Crippen molar-refractivity contribution in [3.8, 4) is 56.2 Å². The van der Waals surface area contributed by atoms with Crippen molar-refractivity contribution >= 4 is 28.5 Å². The van der Waals surface area contributed by atoms with Crippen molar-refractivity contribution in [3.63, 3.8) is 0 Å². The van der Waals surface area contributed by atoms with Gasteiger partial charge in [0, 0.05) is 58.6 Å². The first-order valence-electron chi connectivity index (χ1n) is 30.0. The lowest BCUT2D eigenvalue weighted by molar-refractivity contribution is 0.103. The van der Waals surface area contributed by atoms with Crippen LogP contribution in [0.15, 0.2) is 134 Å². The minimum absolute atomic E-state index is 0.0458. The summed E-state index contributed by atoms with van der Waals surface area (Å²) < 4.78 is 0. The van der Waals surface area contributed by atoms with Crippen LogP contribution >= 0.6 is 0 Å². The number of carbonyl (C=O) groups is 1. The second-order valence-corrected chi connectivity index (χ2v) is 24.5. The average molecular weight is 1120 g/mol. The van der Waals surface area contributed by atoms with Crippen molar-refractivity contribution in [2.75, 3.05) is 23.4 Å². The summed E-state index contributed by atoms with van der Waals surface area (Å²) in [6.45, 7) is 39.9. The number of benzene rings is 9. The van der Waals surface area contributed by atoms with E-state index in [1.807, 2.05) is 6.07 Å². The number of ketones is 1. The number of carbonyl (C=O) groups excluding carboxylic acids is 1. The fourth-order valence-electron chi connectivity index (χ4n) is 13.7. The van der Waals surface area contributed by atoms with Crippen LogP contribution in [0.3, 0.4) is 0 Å². The molecule has 0 spiro atoms. The first-order valence-corrected chi connectivity index (χ1v) is 30.0. The molecular weight excluding hydrogens is 1030 g/mol. The highest BCUT2D eigenvalue weighted by Crippen LogP contribution is 2.43. The van der Waals surface area contributed by atoms with E-state index in [1.54, 1.807) is 6.33 Å². The van der Waals surface area contributed by atoms with Gasteiger partial charge in [0.05, 0.1) is 0 Å². The smallest absolute Gasteiger partial charge is 0.193 e. The molecule has 6 heteroatoms. The molecule has 0 aliphatic rings. The fraction of sp³-hybridized carbons (Fsp3) is 0.266. The summed E-state index contributed by atoms with van der Waals surface area (Å²) in [6.07, 6.45) is 2.45. The summed E-state index contributed by atoms with van der Waals surface area (Å²) >= 11 is 0. The molecule has 0 N–H and O–H groups in total. The summed E-state index contributed by atoms with van der Waals surface area (Å²) in [5, 5.41) is 0. The number of rotatable bonds is 14. The van der Waals surface area contributed by atoms with E-state index in [2.05, 4.69) is 263 Å². The number of hydrogen-bond donors (Lipinski definition) is 0. The van der Waals surface area contributed by atoms with Crippen LogP contribution in [0.1, 0.15) is 122 Å². The highest BCUT2D eigenvalue weighted by molar-refractivity contribution is 6.12. The number of anilines is 4. The summed E-state index contributed by atoms with van der Waals surface area (Å²) in [6, 6.07) is 46.7. The Bertz CT molecular complexity index is 4200. The van der Waals surface area contributed by atoms with E-state index >= 15 is 4.79 Å². The third-order valence-corrected chi connectivity index (χ3v) is 18.5. The maximum atomic E-state index is 15.1. The van der Waals surface area contributed by atoms with E-state index in [1.165, 1.54) is 100 Å². The van der Waals surface area contributed by atoms with Crippen LogP contribution < -0.4 is 9.80 Å². The van der Waals surface area contributed by atoms with Crippen molar-refractivity contribution in [2.45, 2.75) is 131 Å². The van der Waals surface area contributed by atoms with Gasteiger partial charge in [-0.05, 0) is 278 Å². The first-order chi connectivity index (χ1) is 40.4. The molecule has 0 saturated carbocycles. The Morgan fingerprint density at radius 3 is 1.41 bits per heavy atom. The van der Waals surface area contributed by atoms with Gasteiger partial charge >= 0.3 is 0 Å². The lowest BCUT2D eigenvalue weighted by Gasteiger charge is -2.31. The highest BCUT2D eigenvalue weighted by Gasteiger charge is 2.26. The highest BCUT2D eigenvalue weighted by atomic mass is 16.1. The molecule has 85 heavy (non-hydrogen) atoms. The molecule has 430 valence electrons. The molecule has 0 bridgehead atoms. The van der Waals surface area contributed by atoms with Crippen LogP contribution in [0.5, 0.6) is 0 Å². The van der Waals surface area contributed by atoms with Gasteiger partial charge in [-0.15, -0.1) is 0 Å². The third-order valence-electron chi connectivity index (χ3n) is 18.5. The Balaban J connectivity index is 1.00. The van der Waals surface area contributed by atoms with E-state index < -0.39 is 0 Å². The maximum absolute atomic E-state index is 15.1. The fourth-order valence-corrected chi connectivity index (χ4v) is 13.7. The van der Waals surface area contributed by atoms with Gasteiger partial charge in [0.2, 0.25) is 0 Å². The second kappa shape index (κ2) is 23.7. The Kier molecular flexibility index (Phi) is 16.6. The van der Waals surface area contributed by atoms with Gasteiger partial charge < -0.3 is 9.80 Å². The first kappa shape index (κ1) is 59.4. The zero-order chi connectivity index (χ0) is 61.0. The van der Waals surface area contributed by atoms with Crippen LogP contribution in [-0.2, 0) is 6.42 Å². The molecule has 0 aliphatic carbocycles. The molecular formula is C79H83N5O. The quantitative estimate of drug-likeness (QED) is 0.101. The average Bonchev–Trinajstić information content (AvgIpc) is 3.64. The zero-order valence-electron chi connectivity index (χ0n) is 53.8. The monoisotopic (exact) mass is 1120 g/mol. The number of aromatic nitrogens is 3. The minimum Gasteiger partial charge on any atom is -0.344 e. The Morgan fingerprint density at radius 1 is 0.388 bits per heavy atom. The maximum Gasteiger partial charge on any atom is 0.193 e. The molecule has 10 aromatic rings. The molecule has 0 unspecified atom stereocenters. The van der Waals surface area contributed by atoms with Crippen LogP contribution in [0.4, 0.5) is 22.7 Å². The molecule has 6 nitrogen and oxygen atoms in total. The summed E-state index contributed by atoms with van der Waals surface area (Å²) in [5.74, 6) is 1.41. The van der Waals surface area contributed by atoms with Crippen molar-refractivity contribution in [1.29, 1.82) is 0 Å². The Hall–Kier alpha value is -8.74. The molecule has 1 heterocycles. The van der Waals surface area contributed by atoms with Crippen LogP contribution in [0.25, 0.3) is 56.2 Å².